The van der Waals surface area contributed by atoms with Crippen LogP contribution in [0.3, 0.4) is 0 Å². The normalized spacial score (nSPS) is 14.7. The van der Waals surface area contributed by atoms with E-state index in [0.29, 0.717) is 37.3 Å². The van der Waals surface area contributed by atoms with Crippen LogP contribution in [0, 0.1) is 32.5 Å². The number of aryl methyl sites for hydroxylation is 1. The van der Waals surface area contributed by atoms with E-state index in [2.05, 4.69) is 43.1 Å². The lowest BCUT2D eigenvalue weighted by Gasteiger charge is -2.44. The Morgan fingerprint density at radius 3 is 2.45 bits per heavy atom. The Morgan fingerprint density at radius 1 is 1.18 bits per heavy atom. The highest BCUT2D eigenvalue weighted by molar-refractivity contribution is 5.95. The summed E-state index contributed by atoms with van der Waals surface area (Å²) >= 11 is 0. The molecule has 2 aromatic rings. The lowest BCUT2D eigenvalue weighted by molar-refractivity contribution is 0.0569. The molecule has 3 rings (SSSR count). The zero-order valence-electron chi connectivity index (χ0n) is 20.9. The fraction of sp³-hybridized carbons (Fsp3) is 0.519. The molecule has 1 aliphatic rings. The minimum Gasteiger partial charge on any atom is -0.494 e. The van der Waals surface area contributed by atoms with Gasteiger partial charge in [0.15, 0.2) is 0 Å². The fourth-order valence-electron chi connectivity index (χ4n) is 4.00. The minimum atomic E-state index is -0.384. The molecule has 0 saturated carbocycles. The van der Waals surface area contributed by atoms with Gasteiger partial charge in [0, 0.05) is 43.8 Å². The maximum atomic E-state index is 13.4. The number of carbonyl (C=O) groups is 1. The number of hydrogen-bond acceptors (Lipinski definition) is 4. The van der Waals surface area contributed by atoms with Crippen molar-refractivity contribution in [3.63, 3.8) is 0 Å². The molecule has 1 atom stereocenters. The molecule has 0 bridgehead atoms. The molecule has 182 valence electrons. The van der Waals surface area contributed by atoms with Gasteiger partial charge in [-0.1, -0.05) is 19.1 Å². The molecule has 1 amide bonds. The number of rotatable bonds is 8. The van der Waals surface area contributed by atoms with Gasteiger partial charge in [-0.2, -0.15) is 0 Å². The van der Waals surface area contributed by atoms with E-state index in [1.807, 2.05) is 20.8 Å². The number of hydrogen-bond donors (Lipinski definition) is 2. The summed E-state index contributed by atoms with van der Waals surface area (Å²) < 4.78 is 19.1. The number of benzene rings is 2. The molecule has 0 aliphatic carbocycles. The van der Waals surface area contributed by atoms with E-state index in [0.717, 1.165) is 30.8 Å². The van der Waals surface area contributed by atoms with Gasteiger partial charge < -0.3 is 15.2 Å². The van der Waals surface area contributed by atoms with Crippen molar-refractivity contribution in [1.82, 2.24) is 10.2 Å². The first-order valence-corrected chi connectivity index (χ1v) is 11.9. The third-order valence-corrected chi connectivity index (χ3v) is 6.28. The molecule has 6 heteroatoms. The average Bonchev–Trinajstić information content (AvgIpc) is 2.77. The number of amides is 1. The van der Waals surface area contributed by atoms with Crippen LogP contribution in [0.25, 0.3) is 0 Å². The SMILES string of the molecule is CCCO.CCOc1ccc(C(C)N2CC(CNC(=O)c3cc(F)ccc3C)C2)c(C)c1C. The maximum absolute atomic E-state index is 13.4. The van der Waals surface area contributed by atoms with Crippen molar-refractivity contribution >= 4 is 5.91 Å². The number of likely N-dealkylation sites (tertiary alicyclic amines) is 1. The Balaban J connectivity index is 0.000000890. The lowest BCUT2D eigenvalue weighted by Crippen LogP contribution is -2.52. The summed E-state index contributed by atoms with van der Waals surface area (Å²) in [5.74, 6) is 0.786. The summed E-state index contributed by atoms with van der Waals surface area (Å²) in [4.78, 5) is 14.8. The van der Waals surface area contributed by atoms with E-state index in [-0.39, 0.29) is 11.7 Å². The number of halogens is 1. The molecule has 2 aromatic carbocycles. The van der Waals surface area contributed by atoms with Crippen molar-refractivity contribution in [2.24, 2.45) is 5.92 Å². The second-order valence-corrected chi connectivity index (χ2v) is 8.72. The highest BCUT2D eigenvalue weighted by Gasteiger charge is 2.32. The van der Waals surface area contributed by atoms with Crippen LogP contribution in [-0.4, -0.2) is 48.8 Å². The Morgan fingerprint density at radius 2 is 1.85 bits per heavy atom. The molecular formula is C27H39FN2O3. The van der Waals surface area contributed by atoms with E-state index in [1.165, 1.54) is 28.8 Å². The van der Waals surface area contributed by atoms with Gasteiger partial charge in [0.25, 0.3) is 5.91 Å². The number of ether oxygens (including phenoxy) is 1. The van der Waals surface area contributed by atoms with Gasteiger partial charge in [0.2, 0.25) is 0 Å². The molecule has 1 heterocycles. The molecule has 1 aliphatic heterocycles. The molecule has 0 spiro atoms. The molecule has 0 radical (unpaired) electrons. The fourth-order valence-corrected chi connectivity index (χ4v) is 4.00. The van der Waals surface area contributed by atoms with Crippen LogP contribution < -0.4 is 10.1 Å². The van der Waals surface area contributed by atoms with Gasteiger partial charge in [-0.25, -0.2) is 4.39 Å². The van der Waals surface area contributed by atoms with Crippen molar-refractivity contribution in [3.05, 3.63) is 64.0 Å². The van der Waals surface area contributed by atoms with Crippen LogP contribution in [0.2, 0.25) is 0 Å². The molecule has 1 saturated heterocycles. The Kier molecular flexibility index (Phi) is 10.3. The standard InChI is InChI=1S/C24H31FN2O2.C3H8O/c1-6-29-23-10-9-21(16(3)17(23)4)18(5)27-13-19(14-27)12-26-24(28)22-11-20(25)8-7-15(22)2;1-2-3-4/h7-11,18-19H,6,12-14H2,1-5H3,(H,26,28);4H,2-3H2,1H3. The van der Waals surface area contributed by atoms with E-state index in [4.69, 9.17) is 9.84 Å². The highest BCUT2D eigenvalue weighted by atomic mass is 19.1. The molecule has 1 unspecified atom stereocenters. The summed E-state index contributed by atoms with van der Waals surface area (Å²) in [5, 5.41) is 10.8. The first kappa shape index (κ1) is 26.8. The van der Waals surface area contributed by atoms with Crippen molar-refractivity contribution in [1.29, 1.82) is 0 Å². The highest BCUT2D eigenvalue weighted by Crippen LogP contribution is 2.34. The van der Waals surface area contributed by atoms with Crippen molar-refractivity contribution in [2.45, 2.75) is 54.0 Å². The van der Waals surface area contributed by atoms with Crippen LogP contribution in [0.5, 0.6) is 5.75 Å². The smallest absolute Gasteiger partial charge is 0.251 e. The third-order valence-electron chi connectivity index (χ3n) is 6.28. The molecular weight excluding hydrogens is 419 g/mol. The number of carbonyl (C=O) groups excluding carboxylic acids is 1. The predicted octanol–water partition coefficient (Wildman–Crippen LogP) is 4.96. The lowest BCUT2D eigenvalue weighted by atomic mass is 9.91. The van der Waals surface area contributed by atoms with Crippen molar-refractivity contribution in [2.75, 3.05) is 32.8 Å². The topological polar surface area (TPSA) is 61.8 Å². The van der Waals surface area contributed by atoms with Crippen molar-refractivity contribution in [3.8, 4) is 5.75 Å². The first-order valence-electron chi connectivity index (χ1n) is 11.9. The van der Waals surface area contributed by atoms with E-state index >= 15 is 0 Å². The van der Waals surface area contributed by atoms with Gasteiger partial charge in [0.05, 0.1) is 6.61 Å². The van der Waals surface area contributed by atoms with Gasteiger partial charge in [-0.05, 0) is 81.5 Å². The quantitative estimate of drug-likeness (QED) is 0.587. The second kappa shape index (κ2) is 12.7. The summed E-state index contributed by atoms with van der Waals surface area (Å²) in [6.07, 6.45) is 0.875. The average molecular weight is 459 g/mol. The largest absolute Gasteiger partial charge is 0.494 e. The Bertz CT molecular complexity index is 924. The molecule has 1 fully saturated rings. The van der Waals surface area contributed by atoms with Gasteiger partial charge >= 0.3 is 0 Å². The minimum absolute atomic E-state index is 0.202. The maximum Gasteiger partial charge on any atom is 0.251 e. The third kappa shape index (κ3) is 7.02. The van der Waals surface area contributed by atoms with E-state index in [9.17, 15) is 9.18 Å². The number of aliphatic hydroxyl groups is 1. The molecule has 2 N–H and O–H groups in total. The number of aliphatic hydroxyl groups excluding tert-OH is 1. The molecule has 0 aromatic heterocycles. The monoisotopic (exact) mass is 458 g/mol. The molecule has 33 heavy (non-hydrogen) atoms. The first-order chi connectivity index (χ1) is 15.7. The predicted molar refractivity (Wildman–Crippen MR) is 131 cm³/mol. The van der Waals surface area contributed by atoms with Gasteiger partial charge in [-0.15, -0.1) is 0 Å². The van der Waals surface area contributed by atoms with Gasteiger partial charge in [0.1, 0.15) is 11.6 Å². The number of nitrogens with one attached hydrogen (secondary N) is 1. The summed E-state index contributed by atoms with van der Waals surface area (Å²) in [7, 11) is 0. The zero-order chi connectivity index (χ0) is 24.5. The van der Waals surface area contributed by atoms with E-state index < -0.39 is 0 Å². The summed E-state index contributed by atoms with van der Waals surface area (Å²) in [6, 6.07) is 8.87. The summed E-state index contributed by atoms with van der Waals surface area (Å²) in [5.41, 5.74) is 5.00. The Labute approximate surface area is 198 Å². The second-order valence-electron chi connectivity index (χ2n) is 8.72. The van der Waals surface area contributed by atoms with Crippen LogP contribution in [0.4, 0.5) is 4.39 Å². The zero-order valence-corrected chi connectivity index (χ0v) is 20.9. The van der Waals surface area contributed by atoms with Crippen LogP contribution in [0.1, 0.15) is 65.8 Å². The molecule has 5 nitrogen and oxygen atoms in total. The van der Waals surface area contributed by atoms with E-state index in [1.54, 1.807) is 6.07 Å². The van der Waals surface area contributed by atoms with Gasteiger partial charge in [-0.3, -0.25) is 9.69 Å². The van der Waals surface area contributed by atoms with Crippen LogP contribution in [0.15, 0.2) is 30.3 Å². The number of nitrogens with zero attached hydrogens (tertiary/aromatic N) is 1. The van der Waals surface area contributed by atoms with Crippen LogP contribution in [-0.2, 0) is 0 Å². The van der Waals surface area contributed by atoms with Crippen molar-refractivity contribution < 1.29 is 19.0 Å². The summed E-state index contributed by atoms with van der Waals surface area (Å²) in [6.45, 7) is 15.7. The Hall–Kier alpha value is -2.44. The van der Waals surface area contributed by atoms with Crippen LogP contribution >= 0.6 is 0 Å².